The monoisotopic (exact) mass is 462 g/mol. The summed E-state index contributed by atoms with van der Waals surface area (Å²) in [5, 5.41) is 21.7. The van der Waals surface area contributed by atoms with Crippen LogP contribution < -0.4 is 11.1 Å². The van der Waals surface area contributed by atoms with Gasteiger partial charge in [-0.05, 0) is 24.3 Å². The van der Waals surface area contributed by atoms with Gasteiger partial charge in [-0.2, -0.15) is 5.26 Å². The molecule has 0 fully saturated rings. The van der Waals surface area contributed by atoms with Gasteiger partial charge >= 0.3 is 5.97 Å². The fourth-order valence-electron chi connectivity index (χ4n) is 3.02. The zero-order valence-electron chi connectivity index (χ0n) is 18.1. The van der Waals surface area contributed by atoms with Gasteiger partial charge in [-0.25, -0.2) is 9.97 Å². The Kier molecular flexibility index (Phi) is 7.58. The quantitative estimate of drug-likeness (QED) is 0.337. The number of nitrogen functional groups attached to an aromatic ring is 1. The van der Waals surface area contributed by atoms with Crippen molar-refractivity contribution >= 4 is 35.1 Å². The molecule has 0 aliphatic heterocycles. The first-order valence-electron chi connectivity index (χ1n) is 10.0. The van der Waals surface area contributed by atoms with Gasteiger partial charge in [0.15, 0.2) is 5.16 Å². The summed E-state index contributed by atoms with van der Waals surface area (Å²) in [6, 6.07) is 14.5. The van der Waals surface area contributed by atoms with Gasteiger partial charge in [-0.15, -0.1) is 0 Å². The number of aliphatic carboxylic acids is 1. The Balaban J connectivity index is 1.81. The summed E-state index contributed by atoms with van der Waals surface area (Å²) in [5.41, 5.74) is 9.35. The van der Waals surface area contributed by atoms with Crippen LogP contribution in [0.3, 0.4) is 0 Å². The molecule has 4 N–H and O–H groups in total. The summed E-state index contributed by atoms with van der Waals surface area (Å²) < 4.78 is 0. The number of nitrogens with two attached hydrogens (primary N) is 1. The molecule has 1 aromatic carbocycles. The number of hydrogen-bond acceptors (Lipinski definition) is 8. The average molecular weight is 463 g/mol. The van der Waals surface area contributed by atoms with Crippen molar-refractivity contribution in [3.63, 3.8) is 0 Å². The molecule has 0 radical (unpaired) electrons. The Morgan fingerprint density at radius 2 is 1.85 bits per heavy atom. The molecule has 1 unspecified atom stereocenters. The largest absolute Gasteiger partial charge is 0.481 e. The van der Waals surface area contributed by atoms with Crippen molar-refractivity contribution < 1.29 is 14.7 Å². The van der Waals surface area contributed by atoms with Crippen molar-refractivity contribution in [1.82, 2.24) is 15.0 Å². The molecule has 1 amide bonds. The lowest BCUT2D eigenvalue weighted by Gasteiger charge is -2.10. The molecule has 0 saturated heterocycles. The van der Waals surface area contributed by atoms with Crippen molar-refractivity contribution in [2.45, 2.75) is 31.2 Å². The zero-order valence-corrected chi connectivity index (χ0v) is 18.9. The second-order valence-corrected chi connectivity index (χ2v) is 8.28. The first kappa shape index (κ1) is 23.7. The fraction of sp³-hybridized carbons (Fsp3) is 0.217. The normalized spacial score (nSPS) is 11.4. The van der Waals surface area contributed by atoms with E-state index in [4.69, 9.17) is 10.8 Å². The SMILES string of the molecule is CC(=O)Nc1ccc(-c2nc(SCc3cccc(CC(C)C(=O)O)n3)nc(N)c2C#N)cc1. The van der Waals surface area contributed by atoms with E-state index in [1.807, 2.05) is 12.1 Å². The molecule has 0 aliphatic carbocycles. The maximum absolute atomic E-state index is 11.2. The average Bonchev–Trinajstić information content (AvgIpc) is 2.77. The van der Waals surface area contributed by atoms with Gasteiger partial charge in [0.2, 0.25) is 5.91 Å². The molecule has 168 valence electrons. The molecule has 1 atom stereocenters. The number of carboxylic acids is 1. The number of rotatable bonds is 8. The van der Waals surface area contributed by atoms with Crippen LogP contribution in [0, 0.1) is 17.2 Å². The number of nitriles is 1. The van der Waals surface area contributed by atoms with Gasteiger partial charge in [0, 0.05) is 36.0 Å². The first-order valence-corrected chi connectivity index (χ1v) is 11.0. The minimum absolute atomic E-state index is 0.0768. The standard InChI is InChI=1S/C23H22N6O3S/c1-13(22(31)32)10-17-4-3-5-18(27-17)12-33-23-28-20(19(11-24)21(25)29-23)15-6-8-16(9-7-15)26-14(2)30/h3-9,13H,10,12H2,1-2H3,(H,26,30)(H,31,32)(H2,25,28,29). The number of nitrogens with one attached hydrogen (secondary N) is 1. The second-order valence-electron chi connectivity index (χ2n) is 7.34. The Bertz CT molecular complexity index is 1220. The van der Waals surface area contributed by atoms with Crippen LogP contribution in [0.15, 0.2) is 47.6 Å². The number of thioether (sulfide) groups is 1. The third-order valence-corrected chi connectivity index (χ3v) is 5.54. The summed E-state index contributed by atoms with van der Waals surface area (Å²) in [6.07, 6.45) is 0.340. The summed E-state index contributed by atoms with van der Waals surface area (Å²) in [6.45, 7) is 3.07. The van der Waals surface area contributed by atoms with Crippen molar-refractivity contribution in [1.29, 1.82) is 5.26 Å². The number of benzene rings is 1. The van der Waals surface area contributed by atoms with E-state index in [0.717, 1.165) is 5.69 Å². The van der Waals surface area contributed by atoms with Crippen LogP contribution in [-0.4, -0.2) is 31.9 Å². The molecule has 0 spiro atoms. The molecule has 0 aliphatic rings. The molecular formula is C23H22N6O3S. The summed E-state index contributed by atoms with van der Waals surface area (Å²) in [5.74, 6) is -1.05. The number of hydrogen-bond donors (Lipinski definition) is 3. The number of carbonyl (C=O) groups excluding carboxylic acids is 1. The molecule has 9 nitrogen and oxygen atoms in total. The lowest BCUT2D eigenvalue weighted by Crippen LogP contribution is -2.13. The number of amides is 1. The van der Waals surface area contributed by atoms with Crippen molar-refractivity contribution in [3.8, 4) is 17.3 Å². The van der Waals surface area contributed by atoms with Crippen molar-refractivity contribution in [2.75, 3.05) is 11.1 Å². The van der Waals surface area contributed by atoms with E-state index in [2.05, 4.69) is 26.3 Å². The lowest BCUT2D eigenvalue weighted by atomic mass is 10.1. The van der Waals surface area contributed by atoms with E-state index in [1.165, 1.54) is 18.7 Å². The minimum Gasteiger partial charge on any atom is -0.481 e. The smallest absolute Gasteiger partial charge is 0.306 e. The third-order valence-electron chi connectivity index (χ3n) is 4.66. The molecule has 0 bridgehead atoms. The van der Waals surface area contributed by atoms with Gasteiger partial charge in [-0.3, -0.25) is 14.6 Å². The van der Waals surface area contributed by atoms with E-state index in [1.54, 1.807) is 37.3 Å². The lowest BCUT2D eigenvalue weighted by molar-refractivity contribution is -0.141. The van der Waals surface area contributed by atoms with Gasteiger partial charge in [-0.1, -0.05) is 36.9 Å². The molecule has 2 heterocycles. The number of carbonyl (C=O) groups is 2. The van der Waals surface area contributed by atoms with Gasteiger partial charge < -0.3 is 16.2 Å². The Labute approximate surface area is 195 Å². The van der Waals surface area contributed by atoms with Crippen LogP contribution >= 0.6 is 11.8 Å². The number of aromatic nitrogens is 3. The van der Waals surface area contributed by atoms with Crippen LogP contribution in [0.4, 0.5) is 11.5 Å². The summed E-state index contributed by atoms with van der Waals surface area (Å²) >= 11 is 1.31. The topological polar surface area (TPSA) is 155 Å². The second kappa shape index (κ2) is 10.6. The minimum atomic E-state index is -0.865. The number of pyridine rings is 1. The number of carboxylic acid groups (broad SMARTS) is 1. The molecule has 33 heavy (non-hydrogen) atoms. The Morgan fingerprint density at radius 3 is 2.48 bits per heavy atom. The van der Waals surface area contributed by atoms with Crippen molar-refractivity contribution in [3.05, 3.63) is 59.4 Å². The van der Waals surface area contributed by atoms with Crippen LogP contribution in [0.5, 0.6) is 0 Å². The predicted octanol–water partition coefficient (Wildman–Crippen LogP) is 3.51. The van der Waals surface area contributed by atoms with Gasteiger partial charge in [0.05, 0.1) is 17.3 Å². The van der Waals surface area contributed by atoms with Crippen LogP contribution in [0.2, 0.25) is 0 Å². The first-order chi connectivity index (χ1) is 15.8. The highest BCUT2D eigenvalue weighted by molar-refractivity contribution is 7.98. The van der Waals surface area contributed by atoms with E-state index in [9.17, 15) is 14.9 Å². The number of nitrogens with zero attached hydrogens (tertiary/aromatic N) is 4. The molecular weight excluding hydrogens is 440 g/mol. The summed E-state index contributed by atoms with van der Waals surface area (Å²) in [7, 11) is 0. The van der Waals surface area contributed by atoms with Crippen molar-refractivity contribution in [2.24, 2.45) is 5.92 Å². The number of anilines is 2. The fourth-order valence-corrected chi connectivity index (χ4v) is 3.77. The van der Waals surface area contributed by atoms with Crippen LogP contribution in [-0.2, 0) is 21.8 Å². The van der Waals surface area contributed by atoms with Crippen LogP contribution in [0.25, 0.3) is 11.3 Å². The Morgan fingerprint density at radius 1 is 1.15 bits per heavy atom. The molecule has 3 aromatic rings. The maximum Gasteiger partial charge on any atom is 0.306 e. The molecule has 0 saturated carbocycles. The zero-order chi connectivity index (χ0) is 24.0. The van der Waals surface area contributed by atoms with E-state index in [-0.39, 0.29) is 17.3 Å². The Hall–Kier alpha value is -3.97. The predicted molar refractivity (Wildman–Crippen MR) is 125 cm³/mol. The van der Waals surface area contributed by atoms with Gasteiger partial charge in [0.1, 0.15) is 17.5 Å². The molecule has 2 aromatic heterocycles. The molecule has 3 rings (SSSR count). The third kappa shape index (κ3) is 6.27. The van der Waals surface area contributed by atoms with Crippen LogP contribution in [0.1, 0.15) is 30.8 Å². The van der Waals surface area contributed by atoms with E-state index < -0.39 is 11.9 Å². The highest BCUT2D eigenvalue weighted by atomic mass is 32.2. The summed E-state index contributed by atoms with van der Waals surface area (Å²) in [4.78, 5) is 35.6. The molecule has 10 heteroatoms. The van der Waals surface area contributed by atoms with Gasteiger partial charge in [0.25, 0.3) is 0 Å². The highest BCUT2D eigenvalue weighted by Gasteiger charge is 2.16. The highest BCUT2D eigenvalue weighted by Crippen LogP contribution is 2.29. The van der Waals surface area contributed by atoms with E-state index in [0.29, 0.717) is 40.0 Å². The maximum atomic E-state index is 11.2. The van der Waals surface area contributed by atoms with E-state index >= 15 is 0 Å².